The van der Waals surface area contributed by atoms with Gasteiger partial charge in [-0.25, -0.2) is 0 Å². The molecule has 0 fully saturated rings. The fourth-order valence-corrected chi connectivity index (χ4v) is 4.43. The third kappa shape index (κ3) is 3.30. The van der Waals surface area contributed by atoms with E-state index in [0.717, 1.165) is 17.8 Å². The SMILES string of the molecule is Cc1ccc(-n2nnnc2S[C@@H](C)C(=O)N2c3ccccc3C[C@H]2C)cc1C. The van der Waals surface area contributed by atoms with Gasteiger partial charge in [-0.2, -0.15) is 4.68 Å². The number of nitrogens with zero attached hydrogens (tertiary/aromatic N) is 5. The topological polar surface area (TPSA) is 63.9 Å². The molecule has 1 aliphatic heterocycles. The Bertz CT molecular complexity index is 1030. The second kappa shape index (κ2) is 7.39. The van der Waals surface area contributed by atoms with Crippen LogP contribution in [-0.4, -0.2) is 37.4 Å². The number of thioether (sulfide) groups is 1. The van der Waals surface area contributed by atoms with Crippen molar-refractivity contribution in [2.45, 2.75) is 50.6 Å². The van der Waals surface area contributed by atoms with Crippen molar-refractivity contribution in [3.8, 4) is 5.69 Å². The zero-order chi connectivity index (χ0) is 19.8. The summed E-state index contributed by atoms with van der Waals surface area (Å²) in [6.07, 6.45) is 0.889. The van der Waals surface area contributed by atoms with Crippen molar-refractivity contribution < 1.29 is 4.79 Å². The van der Waals surface area contributed by atoms with Gasteiger partial charge in [0.05, 0.1) is 10.9 Å². The summed E-state index contributed by atoms with van der Waals surface area (Å²) in [5.74, 6) is 0.0806. The molecule has 6 nitrogen and oxygen atoms in total. The minimum Gasteiger partial charge on any atom is -0.308 e. The second-order valence-electron chi connectivity index (χ2n) is 7.29. The summed E-state index contributed by atoms with van der Waals surface area (Å²) in [5.41, 5.74) is 5.53. The summed E-state index contributed by atoms with van der Waals surface area (Å²) < 4.78 is 1.70. The van der Waals surface area contributed by atoms with Gasteiger partial charge in [0.25, 0.3) is 0 Å². The molecule has 0 unspecified atom stereocenters. The third-order valence-electron chi connectivity index (χ3n) is 5.25. The van der Waals surface area contributed by atoms with Crippen LogP contribution in [0.5, 0.6) is 0 Å². The number of benzene rings is 2. The number of fused-ring (bicyclic) bond motifs is 1. The van der Waals surface area contributed by atoms with Gasteiger partial charge in [-0.1, -0.05) is 36.0 Å². The molecule has 0 saturated heterocycles. The molecule has 144 valence electrons. The summed E-state index contributed by atoms with van der Waals surface area (Å²) >= 11 is 1.39. The maximum atomic E-state index is 13.2. The van der Waals surface area contributed by atoms with Crippen LogP contribution >= 0.6 is 11.8 Å². The number of hydrogen-bond acceptors (Lipinski definition) is 5. The van der Waals surface area contributed by atoms with E-state index in [0.29, 0.717) is 5.16 Å². The van der Waals surface area contributed by atoms with Crippen LogP contribution in [0.2, 0.25) is 0 Å². The highest BCUT2D eigenvalue weighted by Crippen LogP contribution is 2.34. The number of aromatic nitrogens is 4. The molecule has 7 heteroatoms. The molecule has 2 atom stereocenters. The molecular weight excluding hydrogens is 370 g/mol. The summed E-state index contributed by atoms with van der Waals surface area (Å²) in [5, 5.41) is 12.4. The lowest BCUT2D eigenvalue weighted by atomic mass is 10.1. The summed E-state index contributed by atoms with van der Waals surface area (Å²) in [7, 11) is 0. The van der Waals surface area contributed by atoms with Crippen molar-refractivity contribution in [1.29, 1.82) is 0 Å². The molecule has 4 rings (SSSR count). The Balaban J connectivity index is 1.56. The van der Waals surface area contributed by atoms with Crippen LogP contribution in [0.3, 0.4) is 0 Å². The molecule has 0 radical (unpaired) electrons. The minimum absolute atomic E-state index is 0.0806. The molecule has 0 N–H and O–H groups in total. The molecule has 28 heavy (non-hydrogen) atoms. The van der Waals surface area contributed by atoms with E-state index in [1.54, 1.807) is 4.68 Å². The Morgan fingerprint density at radius 3 is 2.75 bits per heavy atom. The molecule has 0 bridgehead atoms. The van der Waals surface area contributed by atoms with E-state index in [-0.39, 0.29) is 17.2 Å². The summed E-state index contributed by atoms with van der Waals surface area (Å²) in [6, 6.07) is 14.4. The number of rotatable bonds is 4. The van der Waals surface area contributed by atoms with Crippen LogP contribution < -0.4 is 4.90 Å². The monoisotopic (exact) mass is 393 g/mol. The standard InChI is InChI=1S/C21H23N5OS/c1-13-9-10-18(11-14(13)2)26-21(22-23-24-26)28-16(4)20(27)25-15(3)12-17-7-5-6-8-19(17)25/h5-11,15-16H,12H2,1-4H3/t15-,16+/m1/s1. The van der Waals surface area contributed by atoms with E-state index in [2.05, 4.69) is 54.5 Å². The predicted molar refractivity (Wildman–Crippen MR) is 111 cm³/mol. The summed E-state index contributed by atoms with van der Waals surface area (Å²) in [6.45, 7) is 8.15. The van der Waals surface area contributed by atoms with Gasteiger partial charge >= 0.3 is 0 Å². The Morgan fingerprint density at radius 2 is 1.96 bits per heavy atom. The molecule has 1 aliphatic rings. The van der Waals surface area contributed by atoms with E-state index in [9.17, 15) is 4.79 Å². The van der Waals surface area contributed by atoms with Crippen molar-refractivity contribution >= 4 is 23.4 Å². The first-order valence-corrected chi connectivity index (χ1v) is 10.3. The van der Waals surface area contributed by atoms with Crippen LogP contribution in [0.1, 0.15) is 30.5 Å². The molecule has 0 spiro atoms. The van der Waals surface area contributed by atoms with Crippen molar-refractivity contribution in [2.24, 2.45) is 0 Å². The number of aryl methyl sites for hydroxylation is 2. The highest BCUT2D eigenvalue weighted by Gasteiger charge is 2.34. The Kier molecular flexibility index (Phi) is 4.93. The number of carbonyl (C=O) groups is 1. The molecule has 2 heterocycles. The molecule has 2 aromatic carbocycles. The van der Waals surface area contributed by atoms with Crippen LogP contribution in [-0.2, 0) is 11.2 Å². The number of anilines is 1. The Labute approximate surface area is 168 Å². The maximum Gasteiger partial charge on any atom is 0.240 e. The van der Waals surface area contributed by atoms with Crippen molar-refractivity contribution in [3.63, 3.8) is 0 Å². The van der Waals surface area contributed by atoms with Crippen molar-refractivity contribution in [2.75, 3.05) is 4.90 Å². The second-order valence-corrected chi connectivity index (χ2v) is 8.60. The first-order chi connectivity index (χ1) is 13.5. The summed E-state index contributed by atoms with van der Waals surface area (Å²) in [4.78, 5) is 15.1. The van der Waals surface area contributed by atoms with Gasteiger partial charge in [0, 0.05) is 11.7 Å². The molecule has 1 amide bonds. The van der Waals surface area contributed by atoms with Gasteiger partial charge in [-0.05, 0) is 79.4 Å². The number of carbonyl (C=O) groups excluding carboxylic acids is 1. The van der Waals surface area contributed by atoms with E-state index >= 15 is 0 Å². The fraction of sp³-hybridized carbons (Fsp3) is 0.333. The number of amides is 1. The zero-order valence-corrected chi connectivity index (χ0v) is 17.3. The van der Waals surface area contributed by atoms with Crippen LogP contribution in [0.25, 0.3) is 5.69 Å². The smallest absolute Gasteiger partial charge is 0.240 e. The Morgan fingerprint density at radius 1 is 1.18 bits per heavy atom. The average Bonchev–Trinajstić information content (AvgIpc) is 3.26. The lowest BCUT2D eigenvalue weighted by molar-refractivity contribution is -0.118. The average molecular weight is 394 g/mol. The van der Waals surface area contributed by atoms with E-state index < -0.39 is 0 Å². The molecule has 0 saturated carbocycles. The van der Waals surface area contributed by atoms with Gasteiger partial charge in [0.15, 0.2) is 0 Å². The van der Waals surface area contributed by atoms with Crippen LogP contribution in [0.4, 0.5) is 5.69 Å². The lowest BCUT2D eigenvalue weighted by Gasteiger charge is -2.25. The van der Waals surface area contributed by atoms with Crippen molar-refractivity contribution in [1.82, 2.24) is 20.2 Å². The largest absolute Gasteiger partial charge is 0.308 e. The van der Waals surface area contributed by atoms with Gasteiger partial charge < -0.3 is 4.90 Å². The van der Waals surface area contributed by atoms with Gasteiger partial charge in [0.1, 0.15) is 0 Å². The van der Waals surface area contributed by atoms with Crippen LogP contribution in [0.15, 0.2) is 47.6 Å². The highest BCUT2D eigenvalue weighted by atomic mass is 32.2. The quantitative estimate of drug-likeness (QED) is 0.632. The number of para-hydroxylation sites is 1. The Hall–Kier alpha value is -2.67. The molecule has 3 aromatic rings. The van der Waals surface area contributed by atoms with Gasteiger partial charge in [-0.15, -0.1) is 5.10 Å². The lowest BCUT2D eigenvalue weighted by Crippen LogP contribution is -2.40. The fourth-order valence-electron chi connectivity index (χ4n) is 3.58. The number of tetrazole rings is 1. The zero-order valence-electron chi connectivity index (χ0n) is 16.5. The third-order valence-corrected chi connectivity index (χ3v) is 6.27. The first kappa shape index (κ1) is 18.7. The maximum absolute atomic E-state index is 13.2. The highest BCUT2D eigenvalue weighted by molar-refractivity contribution is 8.00. The molecular formula is C21H23N5OS. The number of hydrogen-bond donors (Lipinski definition) is 0. The van der Waals surface area contributed by atoms with E-state index in [1.807, 2.05) is 36.1 Å². The normalized spacial score (nSPS) is 16.9. The van der Waals surface area contributed by atoms with Crippen LogP contribution in [0, 0.1) is 13.8 Å². The van der Waals surface area contributed by atoms with E-state index in [4.69, 9.17) is 0 Å². The minimum atomic E-state index is -0.301. The van der Waals surface area contributed by atoms with Gasteiger partial charge in [-0.3, -0.25) is 4.79 Å². The molecule has 1 aromatic heterocycles. The van der Waals surface area contributed by atoms with E-state index in [1.165, 1.54) is 28.5 Å². The van der Waals surface area contributed by atoms with Gasteiger partial charge in [0.2, 0.25) is 11.1 Å². The predicted octanol–water partition coefficient (Wildman–Crippen LogP) is 3.74. The first-order valence-electron chi connectivity index (χ1n) is 9.39. The molecule has 0 aliphatic carbocycles. The van der Waals surface area contributed by atoms with Crippen molar-refractivity contribution in [3.05, 3.63) is 59.2 Å².